The maximum atomic E-state index is 11.8. The summed E-state index contributed by atoms with van der Waals surface area (Å²) < 4.78 is 63.4. The standard InChI is InChI=1S/C11H13BF3O3S/c1-10-4-6-11(7-5-10)19(16,17)18-9-3-2-8-12(13,14)15/h2,4-8H,3,9H2,1H3/q-1/b8-2+. The topological polar surface area (TPSA) is 43.4 Å². The molecule has 0 heterocycles. The van der Waals surface area contributed by atoms with Gasteiger partial charge in [0.05, 0.1) is 11.5 Å². The van der Waals surface area contributed by atoms with Crippen molar-refractivity contribution in [2.75, 3.05) is 6.61 Å². The maximum Gasteiger partial charge on any atom is 0.502 e. The molecule has 8 heteroatoms. The van der Waals surface area contributed by atoms with Gasteiger partial charge in [0.2, 0.25) is 0 Å². The van der Waals surface area contributed by atoms with Gasteiger partial charge in [0.1, 0.15) is 0 Å². The van der Waals surface area contributed by atoms with E-state index in [1.165, 1.54) is 12.1 Å². The molecule has 0 unspecified atom stereocenters. The first-order valence-corrected chi connectivity index (χ1v) is 6.95. The Hall–Kier alpha value is -1.28. The van der Waals surface area contributed by atoms with E-state index in [0.717, 1.165) is 11.6 Å². The van der Waals surface area contributed by atoms with Gasteiger partial charge < -0.3 is 12.9 Å². The normalized spacial score (nSPS) is 13.1. The van der Waals surface area contributed by atoms with Crippen molar-refractivity contribution in [3.05, 3.63) is 41.9 Å². The quantitative estimate of drug-likeness (QED) is 0.460. The zero-order valence-corrected chi connectivity index (χ0v) is 11.0. The Morgan fingerprint density at radius 1 is 1.21 bits per heavy atom. The largest absolute Gasteiger partial charge is 0.502 e. The zero-order valence-electron chi connectivity index (χ0n) is 10.2. The Labute approximate surface area is 110 Å². The molecular formula is C11H13BF3O3S-. The molecular weight excluding hydrogens is 280 g/mol. The molecule has 19 heavy (non-hydrogen) atoms. The molecule has 0 fully saturated rings. The fraction of sp³-hybridized carbons (Fsp3) is 0.273. The lowest BCUT2D eigenvalue weighted by Crippen LogP contribution is -2.10. The number of hydrogen-bond acceptors (Lipinski definition) is 3. The lowest BCUT2D eigenvalue weighted by atomic mass is 9.91. The highest BCUT2D eigenvalue weighted by Gasteiger charge is 2.17. The minimum absolute atomic E-state index is 0.0119. The van der Waals surface area contributed by atoms with Crippen LogP contribution in [0.5, 0.6) is 0 Å². The third-order valence-electron chi connectivity index (χ3n) is 2.19. The van der Waals surface area contributed by atoms with Crippen LogP contribution in [0.2, 0.25) is 0 Å². The summed E-state index contributed by atoms with van der Waals surface area (Å²) in [5, 5.41) is 0. The highest BCUT2D eigenvalue weighted by atomic mass is 32.2. The molecule has 0 N–H and O–H groups in total. The Bertz CT molecular complexity index is 535. The van der Waals surface area contributed by atoms with E-state index < -0.39 is 17.1 Å². The molecule has 1 rings (SSSR count). The minimum Gasteiger partial charge on any atom is -0.445 e. The van der Waals surface area contributed by atoms with E-state index >= 15 is 0 Å². The van der Waals surface area contributed by atoms with Crippen LogP contribution in [0.1, 0.15) is 12.0 Å². The average molecular weight is 293 g/mol. The van der Waals surface area contributed by atoms with E-state index in [2.05, 4.69) is 4.18 Å². The summed E-state index contributed by atoms with van der Waals surface area (Å²) in [6, 6.07) is 6.00. The second kappa shape index (κ2) is 6.25. The molecule has 0 amide bonds. The maximum absolute atomic E-state index is 11.8. The molecule has 0 radical (unpaired) electrons. The molecule has 0 spiro atoms. The van der Waals surface area contributed by atoms with Gasteiger partial charge in [-0.2, -0.15) is 8.42 Å². The van der Waals surface area contributed by atoms with Gasteiger partial charge in [-0.1, -0.05) is 17.7 Å². The Morgan fingerprint density at radius 3 is 2.32 bits per heavy atom. The molecule has 0 aliphatic carbocycles. The van der Waals surface area contributed by atoms with Gasteiger partial charge in [0, 0.05) is 0 Å². The van der Waals surface area contributed by atoms with Crippen LogP contribution in [0.25, 0.3) is 0 Å². The third kappa shape index (κ3) is 5.93. The smallest absolute Gasteiger partial charge is 0.445 e. The second-order valence-corrected chi connectivity index (χ2v) is 5.55. The van der Waals surface area contributed by atoms with E-state index in [-0.39, 0.29) is 23.9 Å². The van der Waals surface area contributed by atoms with Crippen LogP contribution >= 0.6 is 0 Å². The molecule has 0 bridgehead atoms. The predicted molar refractivity (Wildman–Crippen MR) is 67.2 cm³/mol. The van der Waals surface area contributed by atoms with Crippen LogP contribution in [0, 0.1) is 6.92 Å². The summed E-state index contributed by atoms with van der Waals surface area (Å²) in [6.07, 6.45) is 0.733. The van der Waals surface area contributed by atoms with Crippen molar-refractivity contribution in [3.63, 3.8) is 0 Å². The molecule has 0 atom stereocenters. The van der Waals surface area contributed by atoms with E-state index in [4.69, 9.17) is 0 Å². The monoisotopic (exact) mass is 293 g/mol. The van der Waals surface area contributed by atoms with E-state index in [9.17, 15) is 21.4 Å². The highest BCUT2D eigenvalue weighted by Crippen LogP contribution is 2.14. The number of hydrogen-bond donors (Lipinski definition) is 0. The SMILES string of the molecule is Cc1ccc(S(=O)(=O)OCC/C=C/[B-](F)(F)F)cc1. The summed E-state index contributed by atoms with van der Waals surface area (Å²) >= 11 is 0. The molecule has 3 nitrogen and oxygen atoms in total. The van der Waals surface area contributed by atoms with E-state index in [1.54, 1.807) is 19.1 Å². The summed E-state index contributed by atoms with van der Waals surface area (Å²) in [5.41, 5.74) is 0.897. The van der Waals surface area contributed by atoms with Crippen LogP contribution < -0.4 is 0 Å². The van der Waals surface area contributed by atoms with Gasteiger partial charge in [-0.15, -0.1) is 12.1 Å². The average Bonchev–Trinajstić information content (AvgIpc) is 2.27. The summed E-state index contributed by atoms with van der Waals surface area (Å²) in [6.45, 7) is -3.50. The summed E-state index contributed by atoms with van der Waals surface area (Å²) in [7, 11) is -3.90. The minimum atomic E-state index is -4.99. The van der Waals surface area contributed by atoms with Crippen LogP contribution in [0.4, 0.5) is 12.9 Å². The first-order chi connectivity index (χ1) is 8.71. The Morgan fingerprint density at radius 2 is 1.79 bits per heavy atom. The molecule has 106 valence electrons. The fourth-order valence-corrected chi connectivity index (χ4v) is 2.17. The van der Waals surface area contributed by atoms with Gasteiger partial charge in [0.15, 0.2) is 0 Å². The summed E-state index contributed by atoms with van der Waals surface area (Å²) in [4.78, 5) is -0.0119. The van der Waals surface area contributed by atoms with Crippen molar-refractivity contribution in [1.29, 1.82) is 0 Å². The van der Waals surface area contributed by atoms with Gasteiger partial charge in [-0.3, -0.25) is 4.18 Å². The zero-order chi connectivity index (χ0) is 14.5. The van der Waals surface area contributed by atoms with Gasteiger partial charge in [0.25, 0.3) is 10.1 Å². The lowest BCUT2D eigenvalue weighted by molar-refractivity contribution is 0.324. The number of benzene rings is 1. The summed E-state index contributed by atoms with van der Waals surface area (Å²) in [5.74, 6) is 0.113. The Balaban J connectivity index is 2.53. The van der Waals surface area contributed by atoms with Crippen LogP contribution in [-0.4, -0.2) is 22.0 Å². The Kier molecular flexibility index (Phi) is 5.19. The molecule has 0 aliphatic rings. The number of aryl methyl sites for hydroxylation is 1. The number of halogens is 3. The van der Waals surface area contributed by atoms with Crippen LogP contribution in [-0.2, 0) is 14.3 Å². The molecule has 0 saturated carbocycles. The first-order valence-electron chi connectivity index (χ1n) is 5.54. The molecule has 1 aromatic rings. The van der Waals surface area contributed by atoms with E-state index in [1.807, 2.05) is 0 Å². The lowest BCUT2D eigenvalue weighted by Gasteiger charge is -2.07. The van der Waals surface area contributed by atoms with Crippen molar-refractivity contribution in [3.8, 4) is 0 Å². The highest BCUT2D eigenvalue weighted by molar-refractivity contribution is 7.86. The molecule has 0 aliphatic heterocycles. The van der Waals surface area contributed by atoms with Crippen LogP contribution in [0.3, 0.4) is 0 Å². The van der Waals surface area contributed by atoms with Gasteiger partial charge in [-0.25, -0.2) is 0 Å². The van der Waals surface area contributed by atoms with E-state index in [0.29, 0.717) is 0 Å². The molecule has 0 aromatic heterocycles. The van der Waals surface area contributed by atoms with Crippen molar-refractivity contribution < 1.29 is 25.5 Å². The first kappa shape index (κ1) is 15.8. The van der Waals surface area contributed by atoms with Gasteiger partial charge in [-0.05, 0) is 25.5 Å². The molecule has 0 saturated heterocycles. The van der Waals surface area contributed by atoms with Crippen LogP contribution in [0.15, 0.2) is 41.2 Å². The number of rotatable bonds is 6. The van der Waals surface area contributed by atoms with Crippen molar-refractivity contribution in [1.82, 2.24) is 0 Å². The second-order valence-electron chi connectivity index (χ2n) is 3.93. The molecule has 1 aromatic carbocycles. The van der Waals surface area contributed by atoms with Crippen molar-refractivity contribution in [2.45, 2.75) is 18.2 Å². The fourth-order valence-electron chi connectivity index (χ4n) is 1.25. The van der Waals surface area contributed by atoms with Crippen molar-refractivity contribution >= 4 is 17.1 Å². The van der Waals surface area contributed by atoms with Gasteiger partial charge >= 0.3 is 6.98 Å². The third-order valence-corrected chi connectivity index (χ3v) is 3.51. The predicted octanol–water partition coefficient (Wildman–Crippen LogP) is 3.03. The van der Waals surface area contributed by atoms with Crippen molar-refractivity contribution in [2.24, 2.45) is 0 Å².